The second kappa shape index (κ2) is 11.0. The Kier molecular flexibility index (Phi) is 7.37. The molecule has 7 heteroatoms. The molecule has 38 heavy (non-hydrogen) atoms. The van der Waals surface area contributed by atoms with Crippen molar-refractivity contribution in [2.45, 2.75) is 57.8 Å². The minimum Gasteiger partial charge on any atom is -0.381 e. The number of nitrogens with one attached hydrogen (secondary N) is 1. The fourth-order valence-electron chi connectivity index (χ4n) is 5.71. The van der Waals surface area contributed by atoms with Crippen LogP contribution in [0.3, 0.4) is 0 Å². The molecule has 6 rings (SSSR count). The topological polar surface area (TPSA) is 42.3 Å². The van der Waals surface area contributed by atoms with Gasteiger partial charge in [-0.2, -0.15) is 0 Å². The first-order chi connectivity index (χ1) is 18.5. The molecular weight excluding hydrogens is 499 g/mol. The van der Waals surface area contributed by atoms with E-state index >= 15 is 0 Å². The molecule has 5 nitrogen and oxygen atoms in total. The minimum absolute atomic E-state index is 0.277. The van der Waals surface area contributed by atoms with Gasteiger partial charge >= 0.3 is 0 Å². The maximum absolute atomic E-state index is 14.3. The van der Waals surface area contributed by atoms with Gasteiger partial charge in [0.2, 0.25) is 0 Å². The van der Waals surface area contributed by atoms with E-state index in [4.69, 9.17) is 21.3 Å². The molecule has 1 N–H and O–H groups in total. The molecule has 2 aliphatic rings. The van der Waals surface area contributed by atoms with Gasteiger partial charge in [-0.15, -0.1) is 0 Å². The van der Waals surface area contributed by atoms with Gasteiger partial charge in [-0.25, -0.2) is 9.37 Å². The maximum Gasteiger partial charge on any atom is 0.129 e. The lowest BCUT2D eigenvalue weighted by molar-refractivity contribution is -0.0592. The summed E-state index contributed by atoms with van der Waals surface area (Å²) in [5, 5.41) is 3.89. The fourth-order valence-corrected chi connectivity index (χ4v) is 5.87. The first kappa shape index (κ1) is 25.4. The van der Waals surface area contributed by atoms with Gasteiger partial charge in [0.1, 0.15) is 11.6 Å². The van der Waals surface area contributed by atoms with Crippen molar-refractivity contribution in [1.82, 2.24) is 14.5 Å². The van der Waals surface area contributed by atoms with E-state index in [1.807, 2.05) is 6.07 Å². The molecule has 1 aromatic heterocycles. The summed E-state index contributed by atoms with van der Waals surface area (Å²) in [6.45, 7) is 7.20. The minimum atomic E-state index is -0.277. The first-order valence-corrected chi connectivity index (χ1v) is 14.0. The van der Waals surface area contributed by atoms with Crippen LogP contribution in [0.1, 0.15) is 47.7 Å². The van der Waals surface area contributed by atoms with Gasteiger partial charge in [-0.1, -0.05) is 41.9 Å². The normalized spacial score (nSPS) is 18.6. The van der Waals surface area contributed by atoms with Gasteiger partial charge in [0.25, 0.3) is 0 Å². The lowest BCUT2D eigenvalue weighted by atomic mass is 9.88. The Morgan fingerprint density at radius 1 is 1.05 bits per heavy atom. The van der Waals surface area contributed by atoms with Crippen LogP contribution >= 0.6 is 11.6 Å². The predicted octanol–water partition coefficient (Wildman–Crippen LogP) is 6.92. The van der Waals surface area contributed by atoms with Crippen molar-refractivity contribution in [2.24, 2.45) is 0 Å². The summed E-state index contributed by atoms with van der Waals surface area (Å²) in [6.07, 6.45) is 3.58. The van der Waals surface area contributed by atoms with E-state index < -0.39 is 0 Å². The molecule has 2 aliphatic heterocycles. The van der Waals surface area contributed by atoms with Crippen LogP contribution in [0.5, 0.6) is 0 Å². The number of ether oxygens (including phenoxy) is 1. The molecule has 0 bridgehead atoms. The molecule has 2 saturated heterocycles. The Morgan fingerprint density at radius 3 is 2.63 bits per heavy atom. The van der Waals surface area contributed by atoms with Crippen LogP contribution in [-0.2, 0) is 24.4 Å². The number of anilines is 1. The standard InChI is InChI=1S/C31H34ClFN4O/c1-21-6-9-29-30(16-21)37(19-25-12-15-38-25)31(35-29)20-36-13-10-22(11-14-36)26-4-2-3-5-28(26)34-18-23-7-8-24(32)17-27(23)33/h2-9,16-17,22,25,34H,10-15,18-20H2,1H3/t25-/m0/s1. The highest BCUT2D eigenvalue weighted by Crippen LogP contribution is 2.34. The lowest BCUT2D eigenvalue weighted by Gasteiger charge is -2.33. The van der Waals surface area contributed by atoms with Gasteiger partial charge in [0, 0.05) is 29.4 Å². The molecule has 0 saturated carbocycles. The van der Waals surface area contributed by atoms with Crippen LogP contribution in [0.25, 0.3) is 11.0 Å². The number of hydrogen-bond acceptors (Lipinski definition) is 4. The molecule has 0 aliphatic carbocycles. The number of rotatable bonds is 8. The third-order valence-electron chi connectivity index (χ3n) is 8.00. The zero-order chi connectivity index (χ0) is 26.1. The Labute approximate surface area is 228 Å². The molecule has 1 atom stereocenters. The number of hydrogen-bond donors (Lipinski definition) is 1. The number of fused-ring (bicyclic) bond motifs is 1. The Morgan fingerprint density at radius 2 is 1.87 bits per heavy atom. The van der Waals surface area contributed by atoms with Gasteiger partial charge in [-0.3, -0.25) is 4.90 Å². The molecular formula is C31H34ClFN4O. The van der Waals surface area contributed by atoms with Gasteiger partial charge in [-0.05, 0) is 86.7 Å². The second-order valence-electron chi connectivity index (χ2n) is 10.6. The molecule has 0 radical (unpaired) electrons. The number of para-hydroxylation sites is 1. The Hall–Kier alpha value is -2.93. The van der Waals surface area contributed by atoms with Crippen molar-refractivity contribution in [2.75, 3.05) is 25.0 Å². The van der Waals surface area contributed by atoms with Crippen LogP contribution in [0, 0.1) is 12.7 Å². The predicted molar refractivity (Wildman–Crippen MR) is 151 cm³/mol. The van der Waals surface area contributed by atoms with E-state index in [2.05, 4.69) is 58.1 Å². The second-order valence-corrected chi connectivity index (χ2v) is 11.1. The van der Waals surface area contributed by atoms with Gasteiger partial charge < -0.3 is 14.6 Å². The number of imidazole rings is 1. The molecule has 0 spiro atoms. The van der Waals surface area contributed by atoms with Crippen molar-refractivity contribution < 1.29 is 9.13 Å². The molecule has 198 valence electrons. The molecule has 4 aromatic rings. The lowest BCUT2D eigenvalue weighted by Crippen LogP contribution is -2.35. The average Bonchev–Trinajstić information content (AvgIpc) is 3.22. The summed E-state index contributed by atoms with van der Waals surface area (Å²) < 4.78 is 22.4. The van der Waals surface area contributed by atoms with Crippen LogP contribution in [-0.4, -0.2) is 40.3 Å². The van der Waals surface area contributed by atoms with Gasteiger partial charge in [0.15, 0.2) is 0 Å². The largest absolute Gasteiger partial charge is 0.381 e. The third kappa shape index (κ3) is 5.44. The third-order valence-corrected chi connectivity index (χ3v) is 8.24. The zero-order valence-electron chi connectivity index (χ0n) is 21.8. The molecule has 3 heterocycles. The van der Waals surface area contributed by atoms with Crippen LogP contribution in [0.15, 0.2) is 60.7 Å². The van der Waals surface area contributed by atoms with Crippen molar-refractivity contribution >= 4 is 28.3 Å². The summed E-state index contributed by atoms with van der Waals surface area (Å²) >= 11 is 5.92. The van der Waals surface area contributed by atoms with Crippen molar-refractivity contribution in [3.05, 3.63) is 94.0 Å². The Balaban J connectivity index is 1.12. The first-order valence-electron chi connectivity index (χ1n) is 13.6. The van der Waals surface area contributed by atoms with E-state index in [9.17, 15) is 4.39 Å². The number of nitrogens with zero attached hydrogens (tertiary/aromatic N) is 3. The van der Waals surface area contributed by atoms with E-state index in [0.717, 1.165) is 69.1 Å². The summed E-state index contributed by atoms with van der Waals surface area (Å²) in [7, 11) is 0. The highest BCUT2D eigenvalue weighted by molar-refractivity contribution is 6.30. The molecule has 0 amide bonds. The summed E-state index contributed by atoms with van der Waals surface area (Å²) in [5.41, 5.74) is 6.54. The van der Waals surface area contributed by atoms with E-state index in [-0.39, 0.29) is 5.82 Å². The zero-order valence-corrected chi connectivity index (χ0v) is 22.6. The molecule has 2 fully saturated rings. The smallest absolute Gasteiger partial charge is 0.129 e. The average molecular weight is 533 g/mol. The van der Waals surface area contributed by atoms with E-state index in [0.29, 0.717) is 29.2 Å². The fraction of sp³-hybridized carbons (Fsp3) is 0.387. The molecule has 0 unspecified atom stereocenters. The van der Waals surface area contributed by atoms with Crippen molar-refractivity contribution in [1.29, 1.82) is 0 Å². The molecule has 3 aromatic carbocycles. The van der Waals surface area contributed by atoms with E-state index in [1.54, 1.807) is 12.1 Å². The Bertz CT molecular complexity index is 1420. The summed E-state index contributed by atoms with van der Waals surface area (Å²) in [4.78, 5) is 7.56. The SMILES string of the molecule is Cc1ccc2nc(CN3CCC(c4ccccc4NCc4ccc(Cl)cc4F)CC3)n(C[C@@H]3CCO3)c2c1. The number of likely N-dealkylation sites (tertiary alicyclic amines) is 1. The van der Waals surface area contributed by atoms with Crippen molar-refractivity contribution in [3.63, 3.8) is 0 Å². The van der Waals surface area contributed by atoms with Crippen LogP contribution in [0.4, 0.5) is 10.1 Å². The number of benzene rings is 3. The maximum atomic E-state index is 14.3. The quantitative estimate of drug-likeness (QED) is 0.267. The summed E-state index contributed by atoms with van der Waals surface area (Å²) in [5.74, 6) is 1.32. The number of aryl methyl sites for hydroxylation is 1. The van der Waals surface area contributed by atoms with E-state index in [1.165, 1.54) is 22.7 Å². The van der Waals surface area contributed by atoms with Crippen molar-refractivity contribution in [3.8, 4) is 0 Å². The summed E-state index contributed by atoms with van der Waals surface area (Å²) in [6, 6.07) is 19.8. The van der Waals surface area contributed by atoms with Crippen LogP contribution in [0.2, 0.25) is 5.02 Å². The monoisotopic (exact) mass is 532 g/mol. The highest BCUT2D eigenvalue weighted by Gasteiger charge is 2.26. The number of piperidine rings is 1. The van der Waals surface area contributed by atoms with Crippen LogP contribution < -0.4 is 5.32 Å². The highest BCUT2D eigenvalue weighted by atomic mass is 35.5. The number of aromatic nitrogens is 2. The van der Waals surface area contributed by atoms with Gasteiger partial charge in [0.05, 0.1) is 30.2 Å². The number of halogens is 2.